The van der Waals surface area contributed by atoms with Gasteiger partial charge in [0, 0.05) is 17.6 Å². The summed E-state index contributed by atoms with van der Waals surface area (Å²) in [5.74, 6) is 2.07. The van der Waals surface area contributed by atoms with Crippen LogP contribution in [0.25, 0.3) is 11.3 Å². The lowest BCUT2D eigenvalue weighted by atomic mass is 9.90. The van der Waals surface area contributed by atoms with Gasteiger partial charge in [0.2, 0.25) is 0 Å². The summed E-state index contributed by atoms with van der Waals surface area (Å²) in [6.45, 7) is 10.9. The maximum absolute atomic E-state index is 13.2. The molecule has 5 heteroatoms. The number of hydrogen-bond acceptors (Lipinski definition) is 3. The molecule has 1 N–H and O–H groups in total. The lowest BCUT2D eigenvalue weighted by Gasteiger charge is -2.26. The zero-order valence-corrected chi connectivity index (χ0v) is 19.8. The Balaban J connectivity index is 1.87. The number of carbonyl (C=O) groups excluding carboxylic acids is 1. The van der Waals surface area contributed by atoms with E-state index in [1.165, 1.54) is 48.1 Å². The Hall–Kier alpha value is -2.43. The van der Waals surface area contributed by atoms with Gasteiger partial charge in [0.05, 0.1) is 18.9 Å². The van der Waals surface area contributed by atoms with Gasteiger partial charge in [-0.3, -0.25) is 4.79 Å². The molecule has 1 saturated carbocycles. The highest BCUT2D eigenvalue weighted by Crippen LogP contribution is 2.46. The maximum Gasteiger partial charge on any atom is 0.268 e. The number of carbonyl (C=O) groups is 1. The Morgan fingerprint density at radius 1 is 1.13 bits per heavy atom. The molecule has 168 valence electrons. The fourth-order valence-electron chi connectivity index (χ4n) is 5.01. The molecule has 1 aromatic heterocycles. The highest BCUT2D eigenvalue weighted by molar-refractivity contribution is 5.95. The summed E-state index contributed by atoms with van der Waals surface area (Å²) in [5, 5.41) is 3.16. The van der Waals surface area contributed by atoms with Crippen molar-refractivity contribution >= 4 is 5.91 Å². The molecule has 1 aliphatic carbocycles. The number of aromatic nitrogens is 1. The van der Waals surface area contributed by atoms with Gasteiger partial charge in [0.1, 0.15) is 5.69 Å². The zero-order chi connectivity index (χ0) is 22.3. The monoisotopic (exact) mass is 424 g/mol. The number of amides is 1. The number of ether oxygens (including phenoxy) is 2. The third-order valence-corrected chi connectivity index (χ3v) is 6.25. The normalized spacial score (nSPS) is 16.2. The van der Waals surface area contributed by atoms with E-state index in [-0.39, 0.29) is 17.6 Å². The first-order chi connectivity index (χ1) is 14.7. The second-order valence-corrected chi connectivity index (χ2v) is 10.2. The highest BCUT2D eigenvalue weighted by atomic mass is 16.5. The van der Waals surface area contributed by atoms with Crippen molar-refractivity contribution in [3.05, 3.63) is 35.0 Å². The summed E-state index contributed by atoms with van der Waals surface area (Å²) in [6.07, 6.45) is 5.84. The van der Waals surface area contributed by atoms with Crippen LogP contribution in [0.5, 0.6) is 11.5 Å². The molecular weight excluding hydrogens is 388 g/mol. The van der Waals surface area contributed by atoms with Gasteiger partial charge in [0.15, 0.2) is 11.5 Å². The Morgan fingerprint density at radius 2 is 1.84 bits per heavy atom. The number of fused-ring (bicyclic) bond motifs is 3. The van der Waals surface area contributed by atoms with Crippen LogP contribution in [0.2, 0.25) is 0 Å². The summed E-state index contributed by atoms with van der Waals surface area (Å²) in [6, 6.07) is 6.41. The minimum absolute atomic E-state index is 0.00797. The Kier molecular flexibility index (Phi) is 5.80. The number of nitrogens with one attached hydrogen (secondary N) is 1. The average Bonchev–Trinajstić information content (AvgIpc) is 3.33. The van der Waals surface area contributed by atoms with Crippen molar-refractivity contribution in [1.82, 2.24) is 9.88 Å². The first-order valence-electron chi connectivity index (χ1n) is 11.6. The van der Waals surface area contributed by atoms with Crippen LogP contribution in [0.15, 0.2) is 18.2 Å². The van der Waals surface area contributed by atoms with Gasteiger partial charge in [-0.2, -0.15) is 0 Å². The SMILES string of the molecule is COc1cc2c(cc1OC(C)C)-c1c(C3CCCC3)cc(C(=O)NC(C)(C)C)n1CC2. The average molecular weight is 425 g/mol. The fourth-order valence-corrected chi connectivity index (χ4v) is 5.01. The first kappa shape index (κ1) is 21.8. The van der Waals surface area contributed by atoms with E-state index in [1.54, 1.807) is 7.11 Å². The first-order valence-corrected chi connectivity index (χ1v) is 11.6. The lowest BCUT2D eigenvalue weighted by molar-refractivity contribution is 0.0910. The molecule has 2 aliphatic rings. The van der Waals surface area contributed by atoms with Gasteiger partial charge < -0.3 is 19.4 Å². The van der Waals surface area contributed by atoms with Crippen molar-refractivity contribution in [1.29, 1.82) is 0 Å². The van der Waals surface area contributed by atoms with Crippen molar-refractivity contribution < 1.29 is 14.3 Å². The molecule has 0 bridgehead atoms. The molecule has 0 radical (unpaired) electrons. The molecule has 2 heterocycles. The van der Waals surface area contributed by atoms with Crippen LogP contribution in [0.1, 0.15) is 87.8 Å². The van der Waals surface area contributed by atoms with Crippen molar-refractivity contribution in [2.45, 2.75) is 90.8 Å². The molecule has 1 fully saturated rings. The van der Waals surface area contributed by atoms with E-state index in [9.17, 15) is 4.79 Å². The van der Waals surface area contributed by atoms with Crippen molar-refractivity contribution in [3.63, 3.8) is 0 Å². The van der Waals surface area contributed by atoms with Gasteiger partial charge in [-0.25, -0.2) is 0 Å². The van der Waals surface area contributed by atoms with Gasteiger partial charge in [-0.15, -0.1) is 0 Å². The summed E-state index contributed by atoms with van der Waals surface area (Å²) in [5.41, 5.74) is 5.47. The standard InChI is InChI=1S/C26H36N2O3/c1-16(2)31-23-15-20-18(13-22(23)30-6)11-12-28-21(25(29)27-26(3,4)5)14-19(24(20)28)17-9-7-8-10-17/h13-17H,7-12H2,1-6H3,(H,27,29). The topological polar surface area (TPSA) is 52.5 Å². The smallest absolute Gasteiger partial charge is 0.268 e. The van der Waals surface area contributed by atoms with E-state index < -0.39 is 0 Å². The van der Waals surface area contributed by atoms with Crippen molar-refractivity contribution in [2.24, 2.45) is 0 Å². The highest BCUT2D eigenvalue weighted by Gasteiger charge is 2.32. The van der Waals surface area contributed by atoms with E-state index in [1.807, 2.05) is 34.6 Å². The maximum atomic E-state index is 13.2. The Bertz CT molecular complexity index is 976. The summed E-state index contributed by atoms with van der Waals surface area (Å²) in [4.78, 5) is 13.2. The third kappa shape index (κ3) is 4.32. The molecule has 0 saturated heterocycles. The second-order valence-electron chi connectivity index (χ2n) is 10.2. The molecule has 4 rings (SSSR count). The minimum atomic E-state index is -0.270. The molecule has 0 atom stereocenters. The van der Waals surface area contributed by atoms with Gasteiger partial charge in [0.25, 0.3) is 5.91 Å². The van der Waals surface area contributed by atoms with E-state index in [0.29, 0.717) is 5.92 Å². The minimum Gasteiger partial charge on any atom is -0.493 e. The van der Waals surface area contributed by atoms with E-state index in [4.69, 9.17) is 9.47 Å². The van der Waals surface area contributed by atoms with Crippen LogP contribution in [-0.4, -0.2) is 29.2 Å². The molecule has 0 unspecified atom stereocenters. The fraction of sp³-hybridized carbons (Fsp3) is 0.577. The second kappa shape index (κ2) is 8.25. The van der Waals surface area contributed by atoms with Crippen LogP contribution >= 0.6 is 0 Å². The van der Waals surface area contributed by atoms with Gasteiger partial charge in [-0.1, -0.05) is 12.8 Å². The summed E-state index contributed by atoms with van der Waals surface area (Å²) in [7, 11) is 1.69. The largest absolute Gasteiger partial charge is 0.493 e. The molecular formula is C26H36N2O3. The van der Waals surface area contributed by atoms with Crippen molar-refractivity contribution in [3.8, 4) is 22.8 Å². The number of nitrogens with zero attached hydrogens (tertiary/aromatic N) is 1. The van der Waals surface area contributed by atoms with Crippen molar-refractivity contribution in [2.75, 3.05) is 7.11 Å². The number of aryl methyl sites for hydroxylation is 1. The van der Waals surface area contributed by atoms with Crippen LogP contribution in [0.3, 0.4) is 0 Å². The Morgan fingerprint density at radius 3 is 2.45 bits per heavy atom. The molecule has 1 aromatic carbocycles. The molecule has 0 spiro atoms. The quantitative estimate of drug-likeness (QED) is 0.670. The number of hydrogen-bond donors (Lipinski definition) is 1. The van der Waals surface area contributed by atoms with Gasteiger partial charge in [-0.05, 0) is 89.1 Å². The summed E-state index contributed by atoms with van der Waals surface area (Å²) < 4.78 is 14.0. The zero-order valence-electron chi connectivity index (χ0n) is 19.8. The van der Waals surface area contributed by atoms with E-state index >= 15 is 0 Å². The predicted molar refractivity (Wildman–Crippen MR) is 124 cm³/mol. The van der Waals surface area contributed by atoms with Gasteiger partial charge >= 0.3 is 0 Å². The van der Waals surface area contributed by atoms with E-state index in [0.717, 1.165) is 30.2 Å². The number of benzene rings is 1. The molecule has 1 amide bonds. The predicted octanol–water partition coefficient (Wildman–Crippen LogP) is 5.69. The lowest BCUT2D eigenvalue weighted by Crippen LogP contribution is -2.41. The number of rotatable bonds is 5. The number of methoxy groups -OCH3 is 1. The molecule has 5 nitrogen and oxygen atoms in total. The molecule has 31 heavy (non-hydrogen) atoms. The molecule has 2 aromatic rings. The van der Waals surface area contributed by atoms with E-state index in [2.05, 4.69) is 28.1 Å². The van der Waals surface area contributed by atoms with Crippen LogP contribution in [0.4, 0.5) is 0 Å². The summed E-state index contributed by atoms with van der Waals surface area (Å²) >= 11 is 0. The van der Waals surface area contributed by atoms with Crippen LogP contribution in [0, 0.1) is 0 Å². The Labute approximate surface area is 186 Å². The third-order valence-electron chi connectivity index (χ3n) is 6.25. The van der Waals surface area contributed by atoms with Crippen LogP contribution < -0.4 is 14.8 Å². The molecule has 1 aliphatic heterocycles. The van der Waals surface area contributed by atoms with Crippen LogP contribution in [-0.2, 0) is 13.0 Å².